The van der Waals surface area contributed by atoms with Gasteiger partial charge in [0.1, 0.15) is 5.60 Å². The molecule has 0 aromatic heterocycles. The minimum atomic E-state index is -1.35. The lowest BCUT2D eigenvalue weighted by Gasteiger charge is -2.60. The number of rotatable bonds is 1. The molecule has 24 heavy (non-hydrogen) atoms. The summed E-state index contributed by atoms with van der Waals surface area (Å²) in [4.78, 5) is 12.9. The maximum Gasteiger partial charge on any atom is 0.159 e. The summed E-state index contributed by atoms with van der Waals surface area (Å²) < 4.78 is 0. The van der Waals surface area contributed by atoms with Gasteiger partial charge in [0.2, 0.25) is 0 Å². The molecule has 0 unspecified atom stereocenters. The monoisotopic (exact) mass is 336 g/mol. The number of aliphatic hydroxyl groups is 3. The SMILES string of the molecule is CC1(C)[C@H](O)CC[C@@]2(C)[C@@H]3CC[C@@](O)(C(C)(C)O)C=C3C(=O)C[C@H]12. The van der Waals surface area contributed by atoms with Crippen molar-refractivity contribution in [2.45, 2.75) is 84.0 Å². The second kappa shape index (κ2) is 5.15. The van der Waals surface area contributed by atoms with Gasteiger partial charge in [-0.05, 0) is 73.8 Å². The van der Waals surface area contributed by atoms with Crippen molar-refractivity contribution in [3.05, 3.63) is 11.6 Å². The third-order valence-electron chi connectivity index (χ3n) is 7.66. The molecule has 5 atom stereocenters. The summed E-state index contributed by atoms with van der Waals surface area (Å²) in [5.74, 6) is 0.335. The second-order valence-electron chi connectivity index (χ2n) is 9.74. The number of ketones is 1. The van der Waals surface area contributed by atoms with Crippen molar-refractivity contribution >= 4 is 5.78 Å². The van der Waals surface area contributed by atoms with Crippen molar-refractivity contribution < 1.29 is 20.1 Å². The van der Waals surface area contributed by atoms with E-state index in [0.29, 0.717) is 24.8 Å². The molecular formula is C20H32O4. The van der Waals surface area contributed by atoms with Gasteiger partial charge in [-0.15, -0.1) is 0 Å². The summed E-state index contributed by atoms with van der Waals surface area (Å²) >= 11 is 0. The van der Waals surface area contributed by atoms with Gasteiger partial charge in [-0.3, -0.25) is 4.79 Å². The zero-order valence-electron chi connectivity index (χ0n) is 15.6. The number of Topliss-reactive ketones (excluding diaryl/α,β-unsaturated/α-hetero) is 1. The molecule has 4 nitrogen and oxygen atoms in total. The van der Waals surface area contributed by atoms with Crippen LogP contribution in [0.15, 0.2) is 11.6 Å². The summed E-state index contributed by atoms with van der Waals surface area (Å²) in [5.41, 5.74) is -2.23. The summed E-state index contributed by atoms with van der Waals surface area (Å²) in [5, 5.41) is 31.7. The van der Waals surface area contributed by atoms with Crippen LogP contribution in [0.5, 0.6) is 0 Å². The number of hydrogen-bond acceptors (Lipinski definition) is 4. The summed E-state index contributed by atoms with van der Waals surface area (Å²) in [6, 6.07) is 0. The Balaban J connectivity index is 2.05. The third kappa shape index (κ3) is 2.33. The van der Waals surface area contributed by atoms with Crippen molar-refractivity contribution in [1.29, 1.82) is 0 Å². The van der Waals surface area contributed by atoms with E-state index >= 15 is 0 Å². The van der Waals surface area contributed by atoms with Gasteiger partial charge in [-0.1, -0.05) is 20.8 Å². The van der Waals surface area contributed by atoms with Crippen molar-refractivity contribution in [2.75, 3.05) is 0 Å². The molecule has 0 bridgehead atoms. The molecule has 0 heterocycles. The van der Waals surface area contributed by atoms with E-state index in [9.17, 15) is 20.1 Å². The molecule has 0 saturated heterocycles. The average Bonchev–Trinajstić information content (AvgIpc) is 2.46. The van der Waals surface area contributed by atoms with Gasteiger partial charge in [-0.25, -0.2) is 0 Å². The van der Waals surface area contributed by atoms with Gasteiger partial charge >= 0.3 is 0 Å². The van der Waals surface area contributed by atoms with Crippen LogP contribution in [0.2, 0.25) is 0 Å². The normalized spacial score (nSPS) is 45.2. The topological polar surface area (TPSA) is 77.8 Å². The van der Waals surface area contributed by atoms with Crippen molar-refractivity contribution in [3.8, 4) is 0 Å². The minimum absolute atomic E-state index is 0.0383. The van der Waals surface area contributed by atoms with Crippen LogP contribution in [0.25, 0.3) is 0 Å². The van der Waals surface area contributed by atoms with Crippen molar-refractivity contribution in [1.82, 2.24) is 0 Å². The molecule has 3 aliphatic rings. The van der Waals surface area contributed by atoms with Crippen LogP contribution >= 0.6 is 0 Å². The molecule has 0 radical (unpaired) electrons. The number of hydrogen-bond donors (Lipinski definition) is 3. The Kier molecular flexibility index (Phi) is 3.88. The zero-order valence-corrected chi connectivity index (χ0v) is 15.6. The summed E-state index contributed by atoms with van der Waals surface area (Å²) in [6.07, 6.45) is 4.53. The van der Waals surface area contributed by atoms with Gasteiger partial charge < -0.3 is 15.3 Å². The van der Waals surface area contributed by atoms with Gasteiger partial charge in [0, 0.05) is 6.42 Å². The molecule has 0 aromatic carbocycles. The van der Waals surface area contributed by atoms with Crippen LogP contribution in [-0.4, -0.2) is 38.4 Å². The Hall–Kier alpha value is -0.710. The zero-order chi connectivity index (χ0) is 18.1. The van der Waals surface area contributed by atoms with Crippen molar-refractivity contribution in [2.24, 2.45) is 22.7 Å². The molecule has 2 saturated carbocycles. The second-order valence-corrected chi connectivity index (χ2v) is 9.74. The number of carbonyl (C=O) groups excluding carboxylic acids is 1. The first-order chi connectivity index (χ1) is 10.8. The fourth-order valence-corrected chi connectivity index (χ4v) is 5.68. The fourth-order valence-electron chi connectivity index (χ4n) is 5.68. The van der Waals surface area contributed by atoms with Gasteiger partial charge in [0.15, 0.2) is 5.78 Å². The Labute approximate surface area is 145 Å². The maximum atomic E-state index is 12.9. The maximum absolute atomic E-state index is 12.9. The molecule has 4 heteroatoms. The molecule has 3 N–H and O–H groups in total. The summed E-state index contributed by atoms with van der Waals surface area (Å²) in [6.45, 7) is 9.62. The van der Waals surface area contributed by atoms with Crippen LogP contribution < -0.4 is 0 Å². The lowest BCUT2D eigenvalue weighted by molar-refractivity contribution is -0.155. The molecule has 3 rings (SSSR count). The molecule has 136 valence electrons. The van der Waals surface area contributed by atoms with Gasteiger partial charge in [0.25, 0.3) is 0 Å². The van der Waals surface area contributed by atoms with Gasteiger partial charge in [-0.2, -0.15) is 0 Å². The van der Waals surface area contributed by atoms with E-state index < -0.39 is 11.2 Å². The highest BCUT2D eigenvalue weighted by Crippen LogP contribution is 2.62. The molecule has 0 aliphatic heterocycles. The Morgan fingerprint density at radius 3 is 2.38 bits per heavy atom. The van der Waals surface area contributed by atoms with Gasteiger partial charge in [0.05, 0.1) is 11.7 Å². The quantitative estimate of drug-likeness (QED) is 0.688. The van der Waals surface area contributed by atoms with Crippen molar-refractivity contribution in [3.63, 3.8) is 0 Å². The van der Waals surface area contributed by atoms with E-state index in [1.165, 1.54) is 0 Å². The highest BCUT2D eigenvalue weighted by atomic mass is 16.4. The average molecular weight is 336 g/mol. The Morgan fingerprint density at radius 1 is 1.17 bits per heavy atom. The molecule has 0 aromatic rings. The lowest BCUT2D eigenvalue weighted by Crippen LogP contribution is -2.59. The number of aliphatic hydroxyl groups excluding tert-OH is 1. The van der Waals surface area contributed by atoms with E-state index in [1.54, 1.807) is 19.9 Å². The third-order valence-corrected chi connectivity index (χ3v) is 7.66. The molecule has 3 aliphatic carbocycles. The van der Waals surface area contributed by atoms with Crippen LogP contribution in [-0.2, 0) is 4.79 Å². The number of allylic oxidation sites excluding steroid dienone is 1. The molecule has 0 amide bonds. The fraction of sp³-hybridized carbons (Fsp3) is 0.850. The first-order valence-corrected chi connectivity index (χ1v) is 9.22. The minimum Gasteiger partial charge on any atom is -0.393 e. The summed E-state index contributed by atoms with van der Waals surface area (Å²) in [7, 11) is 0. The Morgan fingerprint density at radius 2 is 1.79 bits per heavy atom. The smallest absolute Gasteiger partial charge is 0.159 e. The highest BCUT2D eigenvalue weighted by Gasteiger charge is 2.60. The first-order valence-electron chi connectivity index (χ1n) is 9.22. The Bertz CT molecular complexity index is 585. The molecule has 2 fully saturated rings. The van der Waals surface area contributed by atoms with E-state index in [1.807, 2.05) is 0 Å². The number of carbonyl (C=O) groups is 1. The van der Waals surface area contributed by atoms with E-state index in [0.717, 1.165) is 12.8 Å². The van der Waals surface area contributed by atoms with Crippen LogP contribution in [0.4, 0.5) is 0 Å². The van der Waals surface area contributed by atoms with Crippen LogP contribution in [0, 0.1) is 22.7 Å². The van der Waals surface area contributed by atoms with E-state index in [2.05, 4.69) is 20.8 Å². The van der Waals surface area contributed by atoms with Crippen LogP contribution in [0.1, 0.15) is 66.7 Å². The van der Waals surface area contributed by atoms with E-state index in [4.69, 9.17) is 0 Å². The first kappa shape index (κ1) is 18.1. The largest absolute Gasteiger partial charge is 0.393 e. The standard InChI is InChI=1S/C20H32O4/c1-17(2)15-10-14(21)12-11-20(24,18(3,4)23)9-6-13(12)19(15,5)8-7-16(17)22/h11,13,15-16,22-24H,6-10H2,1-5H3/t13-,15-,16-,19+,20+/m1/s1. The lowest BCUT2D eigenvalue weighted by atomic mass is 9.45. The number of fused-ring (bicyclic) bond motifs is 3. The molecule has 0 spiro atoms. The molecular weight excluding hydrogens is 304 g/mol. The van der Waals surface area contributed by atoms with E-state index in [-0.39, 0.29) is 34.6 Å². The highest BCUT2D eigenvalue weighted by molar-refractivity contribution is 5.97. The van der Waals surface area contributed by atoms with Crippen LogP contribution in [0.3, 0.4) is 0 Å². The predicted octanol–water partition coefficient (Wildman–Crippen LogP) is 2.60. The predicted molar refractivity (Wildman–Crippen MR) is 92.3 cm³/mol.